The van der Waals surface area contributed by atoms with Crippen LogP contribution in [0.25, 0.3) is 0 Å². The van der Waals surface area contributed by atoms with Crippen LogP contribution in [0.4, 0.5) is 0 Å². The van der Waals surface area contributed by atoms with Gasteiger partial charge in [0.05, 0.1) is 19.2 Å². The van der Waals surface area contributed by atoms with E-state index in [1.807, 2.05) is 20.8 Å². The topological polar surface area (TPSA) is 101 Å². The van der Waals surface area contributed by atoms with Gasteiger partial charge in [-0.05, 0) is 31.2 Å². The fourth-order valence-corrected chi connectivity index (χ4v) is 4.22. The summed E-state index contributed by atoms with van der Waals surface area (Å²) in [7, 11) is 1.71. The van der Waals surface area contributed by atoms with Gasteiger partial charge in [-0.25, -0.2) is 4.98 Å². The van der Waals surface area contributed by atoms with Gasteiger partial charge in [-0.1, -0.05) is 32.6 Å². The Hall–Kier alpha value is -3.77. The van der Waals surface area contributed by atoms with Gasteiger partial charge in [0, 0.05) is 42.8 Å². The average Bonchev–Trinajstić information content (AvgIpc) is 3.36. The molecule has 4 rings (SSSR count). The lowest BCUT2D eigenvalue weighted by atomic mass is 9.99. The maximum atomic E-state index is 13.5. The second-order valence-electron chi connectivity index (χ2n) is 9.88. The lowest BCUT2D eigenvalue weighted by Gasteiger charge is -2.37. The van der Waals surface area contributed by atoms with Crippen molar-refractivity contribution in [2.24, 2.45) is 11.8 Å². The number of ether oxygens (including phenoxy) is 3. The number of aliphatic hydroxyl groups excluding tert-OH is 1. The zero-order valence-electron chi connectivity index (χ0n) is 21.9. The summed E-state index contributed by atoms with van der Waals surface area (Å²) in [4.78, 5) is 34.4. The zero-order chi connectivity index (χ0) is 26.7. The Balaban J connectivity index is 1.62. The molecule has 9 nitrogen and oxygen atoms in total. The van der Waals surface area contributed by atoms with Crippen molar-refractivity contribution in [2.45, 2.75) is 39.8 Å². The second-order valence-corrected chi connectivity index (χ2v) is 9.88. The highest BCUT2D eigenvalue weighted by atomic mass is 16.7. The number of aliphatic hydroxyl groups is 1. The number of pyridine rings is 1. The number of benzene rings is 1. The van der Waals surface area contributed by atoms with Crippen LogP contribution in [0.2, 0.25) is 0 Å². The molecule has 0 saturated heterocycles. The van der Waals surface area contributed by atoms with Gasteiger partial charge >= 0.3 is 0 Å². The van der Waals surface area contributed by atoms with Crippen molar-refractivity contribution in [3.63, 3.8) is 0 Å². The van der Waals surface area contributed by atoms with Gasteiger partial charge in [-0.3, -0.25) is 9.59 Å². The number of carbonyl (C=O) groups is 2. The summed E-state index contributed by atoms with van der Waals surface area (Å²) in [6.07, 6.45) is 1.13. The molecule has 1 N–H and O–H groups in total. The molecule has 0 bridgehead atoms. The first-order valence-corrected chi connectivity index (χ1v) is 12.4. The fraction of sp³-hybridized carbons (Fsp3) is 0.464. The highest BCUT2D eigenvalue weighted by Gasteiger charge is 2.35. The highest BCUT2D eigenvalue weighted by molar-refractivity contribution is 5.97. The van der Waals surface area contributed by atoms with E-state index in [9.17, 15) is 14.7 Å². The van der Waals surface area contributed by atoms with E-state index in [1.165, 1.54) is 0 Å². The van der Waals surface area contributed by atoms with Gasteiger partial charge in [0.15, 0.2) is 11.5 Å². The molecule has 0 radical (unpaired) electrons. The molecule has 3 heterocycles. The number of fused-ring (bicyclic) bond motifs is 2. The maximum Gasteiger partial charge on any atom is 0.259 e. The minimum absolute atomic E-state index is 0.134. The Bertz CT molecular complexity index is 1230. The Morgan fingerprint density at radius 3 is 2.73 bits per heavy atom. The summed E-state index contributed by atoms with van der Waals surface area (Å²) in [5.74, 6) is 7.03. The lowest BCUT2D eigenvalue weighted by Crippen LogP contribution is -2.50. The Morgan fingerprint density at radius 1 is 1.24 bits per heavy atom. The van der Waals surface area contributed by atoms with E-state index in [-0.39, 0.29) is 55.0 Å². The van der Waals surface area contributed by atoms with Gasteiger partial charge in [0.25, 0.3) is 11.8 Å². The van der Waals surface area contributed by atoms with Crippen LogP contribution < -0.4 is 14.2 Å². The third-order valence-corrected chi connectivity index (χ3v) is 6.45. The van der Waals surface area contributed by atoms with Gasteiger partial charge in [-0.15, -0.1) is 0 Å². The first-order valence-electron chi connectivity index (χ1n) is 12.4. The predicted octanol–water partition coefficient (Wildman–Crippen LogP) is 2.81. The number of hydrogen-bond acceptors (Lipinski definition) is 7. The van der Waals surface area contributed by atoms with Crippen molar-refractivity contribution in [1.29, 1.82) is 0 Å². The number of carbonyl (C=O) groups excluding carboxylic acids is 2. The molecule has 37 heavy (non-hydrogen) atoms. The van der Waals surface area contributed by atoms with E-state index in [1.54, 1.807) is 54.2 Å². The molecule has 0 saturated carbocycles. The molecule has 0 aliphatic carbocycles. The molecule has 9 heteroatoms. The standard InChI is InChI=1S/C28H33N3O6/c1-17(2)6-7-20-10-22-26(29-12-20)37-25(18(3)13-31(28(22)34)19(4)15-32)14-30(5)27(33)21-8-9-23-24(11-21)36-16-35-23/h8-12,17-19,25,32H,13-16H2,1-5H3/t18-,19+,25-/m0/s1. The van der Waals surface area contributed by atoms with Crippen molar-refractivity contribution in [1.82, 2.24) is 14.8 Å². The number of hydrogen-bond donors (Lipinski definition) is 1. The predicted molar refractivity (Wildman–Crippen MR) is 137 cm³/mol. The summed E-state index contributed by atoms with van der Waals surface area (Å²) < 4.78 is 17.0. The van der Waals surface area contributed by atoms with Crippen LogP contribution in [0, 0.1) is 23.7 Å². The van der Waals surface area contributed by atoms with Crippen LogP contribution in [0.1, 0.15) is 54.0 Å². The minimum Gasteiger partial charge on any atom is -0.472 e. The van der Waals surface area contributed by atoms with Gasteiger partial charge < -0.3 is 29.1 Å². The fourth-order valence-electron chi connectivity index (χ4n) is 4.22. The molecule has 1 aromatic carbocycles. The zero-order valence-corrected chi connectivity index (χ0v) is 21.9. The number of aromatic nitrogens is 1. The molecule has 0 fully saturated rings. The van der Waals surface area contributed by atoms with Crippen LogP contribution in [-0.2, 0) is 0 Å². The summed E-state index contributed by atoms with van der Waals surface area (Å²) >= 11 is 0. The van der Waals surface area contributed by atoms with Crippen LogP contribution in [-0.4, -0.2) is 77.4 Å². The summed E-state index contributed by atoms with van der Waals surface area (Å²) in [5, 5.41) is 9.84. The van der Waals surface area contributed by atoms with E-state index in [2.05, 4.69) is 16.8 Å². The van der Waals surface area contributed by atoms with Gasteiger partial charge in [0.1, 0.15) is 11.7 Å². The molecular formula is C28H33N3O6. The summed E-state index contributed by atoms with van der Waals surface area (Å²) in [6, 6.07) is 6.38. The maximum absolute atomic E-state index is 13.5. The Morgan fingerprint density at radius 2 is 2.00 bits per heavy atom. The van der Waals surface area contributed by atoms with E-state index in [0.29, 0.717) is 29.2 Å². The van der Waals surface area contributed by atoms with Crippen LogP contribution in [0.3, 0.4) is 0 Å². The summed E-state index contributed by atoms with van der Waals surface area (Å²) in [5.41, 5.74) is 1.38. The van der Waals surface area contributed by atoms with Crippen molar-refractivity contribution >= 4 is 11.8 Å². The molecule has 2 amide bonds. The van der Waals surface area contributed by atoms with Crippen LogP contribution in [0.15, 0.2) is 30.5 Å². The second kappa shape index (κ2) is 11.1. The average molecular weight is 508 g/mol. The first-order chi connectivity index (χ1) is 17.7. The third-order valence-electron chi connectivity index (χ3n) is 6.45. The summed E-state index contributed by atoms with van der Waals surface area (Å²) in [6.45, 7) is 8.30. The molecule has 3 atom stereocenters. The number of rotatable bonds is 5. The Kier molecular flexibility index (Phi) is 7.89. The minimum atomic E-state index is -0.455. The molecule has 0 unspecified atom stereocenters. The molecule has 196 valence electrons. The van der Waals surface area contributed by atoms with Crippen LogP contribution >= 0.6 is 0 Å². The molecule has 0 spiro atoms. The third kappa shape index (κ3) is 5.81. The van der Waals surface area contributed by atoms with Crippen molar-refractivity contribution in [3.05, 3.63) is 47.2 Å². The molecule has 2 aromatic rings. The Labute approximate surface area is 217 Å². The lowest BCUT2D eigenvalue weighted by molar-refractivity contribution is 0.0313. The molecule has 2 aliphatic heterocycles. The van der Waals surface area contributed by atoms with E-state index in [4.69, 9.17) is 14.2 Å². The SMILES string of the molecule is CC(C)C#Cc1cnc2c(c1)C(=O)N([C@H](C)CO)C[C@H](C)[C@H](CN(C)C(=O)c1ccc3c(c1)OCO3)O2. The van der Waals surface area contributed by atoms with Crippen molar-refractivity contribution in [2.75, 3.05) is 33.5 Å². The smallest absolute Gasteiger partial charge is 0.259 e. The molecular weight excluding hydrogens is 474 g/mol. The van der Waals surface area contributed by atoms with Crippen LogP contribution in [0.5, 0.6) is 17.4 Å². The number of amides is 2. The van der Waals surface area contributed by atoms with Gasteiger partial charge in [-0.2, -0.15) is 0 Å². The van der Waals surface area contributed by atoms with E-state index in [0.717, 1.165) is 0 Å². The van der Waals surface area contributed by atoms with E-state index < -0.39 is 12.1 Å². The largest absolute Gasteiger partial charge is 0.472 e. The number of nitrogens with zero attached hydrogens (tertiary/aromatic N) is 3. The first kappa shape index (κ1) is 26.3. The van der Waals surface area contributed by atoms with Gasteiger partial charge in [0.2, 0.25) is 12.7 Å². The van der Waals surface area contributed by atoms with Crippen molar-refractivity contribution < 1.29 is 28.9 Å². The normalized spacial score (nSPS) is 19.2. The highest BCUT2D eigenvalue weighted by Crippen LogP contribution is 2.33. The quantitative estimate of drug-likeness (QED) is 0.621. The van der Waals surface area contributed by atoms with E-state index >= 15 is 0 Å². The molecule has 2 aliphatic rings. The number of likely N-dealkylation sites (N-methyl/N-ethyl adjacent to an activating group) is 1. The van der Waals surface area contributed by atoms with Crippen molar-refractivity contribution in [3.8, 4) is 29.2 Å². The molecule has 1 aromatic heterocycles. The monoisotopic (exact) mass is 507 g/mol.